The maximum absolute atomic E-state index is 7.50. The van der Waals surface area contributed by atoms with Crippen LogP contribution in [0, 0.1) is 5.41 Å². The minimum atomic E-state index is 1.04. The average Bonchev–Trinajstić information content (AvgIpc) is 2.35. The highest BCUT2D eigenvalue weighted by atomic mass is 14.7. The summed E-state index contributed by atoms with van der Waals surface area (Å²) < 4.78 is 0. The summed E-state index contributed by atoms with van der Waals surface area (Å²) in [4.78, 5) is 4.44. The van der Waals surface area contributed by atoms with E-state index in [0.717, 1.165) is 24.1 Å². The molecule has 0 aromatic rings. The Morgan fingerprint density at radius 1 is 0.938 bits per heavy atom. The largest absolute Gasteiger partial charge is 0.308 e. The summed E-state index contributed by atoms with van der Waals surface area (Å²) >= 11 is 0. The number of rotatable bonds is 2. The Balaban J connectivity index is 2.71. The lowest BCUT2D eigenvalue weighted by Gasteiger charge is -2.06. The second kappa shape index (κ2) is 8.26. The molecule has 2 nitrogen and oxygen atoms in total. The van der Waals surface area contributed by atoms with Gasteiger partial charge >= 0.3 is 0 Å². The molecule has 0 aromatic carbocycles. The third-order valence-electron chi connectivity index (χ3n) is 3.19. The number of allylic oxidation sites excluding steroid dienone is 2. The van der Waals surface area contributed by atoms with E-state index in [1.54, 1.807) is 0 Å². The van der Waals surface area contributed by atoms with Gasteiger partial charge in [-0.2, -0.15) is 0 Å². The number of aliphatic imine (C=N–C) groups is 1. The third kappa shape index (κ3) is 4.73. The maximum atomic E-state index is 7.50. The summed E-state index contributed by atoms with van der Waals surface area (Å²) in [5.41, 5.74) is 2.31. The second-order valence-electron chi connectivity index (χ2n) is 4.48. The van der Waals surface area contributed by atoms with Crippen molar-refractivity contribution in [2.24, 2.45) is 4.99 Å². The highest BCUT2D eigenvalue weighted by molar-refractivity contribution is 5.77. The second-order valence-corrected chi connectivity index (χ2v) is 4.48. The third-order valence-corrected chi connectivity index (χ3v) is 3.19. The van der Waals surface area contributed by atoms with Gasteiger partial charge in [-0.15, -0.1) is 0 Å². The van der Waals surface area contributed by atoms with Gasteiger partial charge in [0, 0.05) is 18.1 Å². The lowest BCUT2D eigenvalue weighted by molar-refractivity contribution is 0.587. The Hall–Kier alpha value is -0.920. The molecule has 0 heterocycles. The van der Waals surface area contributed by atoms with E-state index in [2.05, 4.69) is 4.99 Å². The van der Waals surface area contributed by atoms with Crippen LogP contribution in [0.15, 0.2) is 16.3 Å². The first-order valence-corrected chi connectivity index (χ1v) is 6.59. The minimum absolute atomic E-state index is 1.04. The predicted octanol–water partition coefficient (Wildman–Crippen LogP) is 4.51. The van der Waals surface area contributed by atoms with Crippen LogP contribution in [0.3, 0.4) is 0 Å². The van der Waals surface area contributed by atoms with Gasteiger partial charge in [0.15, 0.2) is 0 Å². The van der Waals surface area contributed by atoms with Gasteiger partial charge < -0.3 is 5.41 Å². The normalized spacial score (nSPS) is 25.3. The van der Waals surface area contributed by atoms with E-state index in [-0.39, 0.29) is 0 Å². The molecule has 0 atom stereocenters. The molecule has 2 heteroatoms. The maximum Gasteiger partial charge on any atom is 0.0446 e. The zero-order valence-electron chi connectivity index (χ0n) is 10.5. The number of hydrogen-bond donors (Lipinski definition) is 1. The molecule has 0 saturated carbocycles. The summed E-state index contributed by atoms with van der Waals surface area (Å²) in [5, 5.41) is 7.50. The highest BCUT2D eigenvalue weighted by Crippen LogP contribution is 2.21. The molecule has 0 radical (unpaired) electrons. The Labute approximate surface area is 99.4 Å². The predicted molar refractivity (Wildman–Crippen MR) is 71.5 cm³/mol. The van der Waals surface area contributed by atoms with Crippen LogP contribution >= 0.6 is 0 Å². The van der Waals surface area contributed by atoms with E-state index in [9.17, 15) is 0 Å². The fourth-order valence-corrected chi connectivity index (χ4v) is 2.26. The SMILES string of the molecule is C/C=N\C1=C(/C=N)CCCCCCCCC1. The molecule has 1 aliphatic rings. The number of nitrogens with zero attached hydrogens (tertiary/aromatic N) is 1. The van der Waals surface area contributed by atoms with E-state index in [0.29, 0.717) is 0 Å². The minimum Gasteiger partial charge on any atom is -0.308 e. The topological polar surface area (TPSA) is 36.2 Å². The molecule has 0 saturated heterocycles. The Morgan fingerprint density at radius 3 is 2.06 bits per heavy atom. The zero-order valence-corrected chi connectivity index (χ0v) is 10.5. The molecule has 0 bridgehead atoms. The van der Waals surface area contributed by atoms with E-state index in [1.807, 2.05) is 13.1 Å². The van der Waals surface area contributed by atoms with Gasteiger partial charge in [0.25, 0.3) is 0 Å². The van der Waals surface area contributed by atoms with E-state index in [4.69, 9.17) is 5.41 Å². The van der Waals surface area contributed by atoms with Gasteiger partial charge in [0.2, 0.25) is 0 Å². The van der Waals surface area contributed by atoms with Gasteiger partial charge in [-0.05, 0) is 38.2 Å². The van der Waals surface area contributed by atoms with Crippen molar-refractivity contribution in [1.29, 1.82) is 5.41 Å². The average molecular weight is 220 g/mol. The van der Waals surface area contributed by atoms with Crippen molar-refractivity contribution in [1.82, 2.24) is 0 Å². The number of hydrogen-bond acceptors (Lipinski definition) is 2. The fourth-order valence-electron chi connectivity index (χ4n) is 2.26. The molecule has 0 unspecified atom stereocenters. The molecule has 1 rings (SSSR count). The summed E-state index contributed by atoms with van der Waals surface area (Å²) in [6.45, 7) is 1.96. The Bertz CT molecular complexity index is 264. The van der Waals surface area contributed by atoms with Gasteiger partial charge in [-0.1, -0.05) is 32.1 Å². The van der Waals surface area contributed by atoms with Crippen LogP contribution < -0.4 is 0 Å². The van der Waals surface area contributed by atoms with Gasteiger partial charge in [-0.3, -0.25) is 4.99 Å². The first-order valence-electron chi connectivity index (χ1n) is 6.59. The molecule has 1 aliphatic carbocycles. The first-order chi connectivity index (χ1) is 7.88. The molecule has 0 aromatic heterocycles. The molecule has 16 heavy (non-hydrogen) atoms. The Kier molecular flexibility index (Phi) is 6.78. The van der Waals surface area contributed by atoms with Crippen LogP contribution in [-0.2, 0) is 0 Å². The quantitative estimate of drug-likeness (QED) is 0.665. The van der Waals surface area contributed by atoms with Gasteiger partial charge in [-0.25, -0.2) is 0 Å². The van der Waals surface area contributed by atoms with Crippen LogP contribution in [0.1, 0.15) is 64.7 Å². The fraction of sp³-hybridized carbons (Fsp3) is 0.714. The van der Waals surface area contributed by atoms with E-state index >= 15 is 0 Å². The molecular weight excluding hydrogens is 196 g/mol. The molecule has 0 aliphatic heterocycles. The van der Waals surface area contributed by atoms with Crippen LogP contribution in [-0.4, -0.2) is 12.4 Å². The first kappa shape index (κ1) is 13.1. The Morgan fingerprint density at radius 2 is 1.50 bits per heavy atom. The zero-order chi connectivity index (χ0) is 11.6. The monoisotopic (exact) mass is 220 g/mol. The van der Waals surface area contributed by atoms with Crippen molar-refractivity contribution >= 4 is 12.4 Å². The highest BCUT2D eigenvalue weighted by Gasteiger charge is 2.05. The summed E-state index contributed by atoms with van der Waals surface area (Å²) in [6.07, 6.45) is 14.6. The molecule has 90 valence electrons. The van der Waals surface area contributed by atoms with Crippen molar-refractivity contribution in [3.63, 3.8) is 0 Å². The van der Waals surface area contributed by atoms with Crippen molar-refractivity contribution in [3.8, 4) is 0 Å². The number of nitrogens with one attached hydrogen (secondary N) is 1. The molecule has 0 amide bonds. The molecule has 0 spiro atoms. The lowest BCUT2D eigenvalue weighted by atomic mass is 10.0. The van der Waals surface area contributed by atoms with Gasteiger partial charge in [0.1, 0.15) is 0 Å². The van der Waals surface area contributed by atoms with E-state index in [1.165, 1.54) is 51.2 Å². The van der Waals surface area contributed by atoms with Crippen molar-refractivity contribution in [3.05, 3.63) is 11.3 Å². The molecule has 1 N–H and O–H groups in total. The molecular formula is C14H24N2. The van der Waals surface area contributed by atoms with Gasteiger partial charge in [0.05, 0.1) is 0 Å². The van der Waals surface area contributed by atoms with Crippen LogP contribution in [0.5, 0.6) is 0 Å². The van der Waals surface area contributed by atoms with Crippen LogP contribution in [0.25, 0.3) is 0 Å². The smallest absolute Gasteiger partial charge is 0.0446 e. The summed E-state index contributed by atoms with van der Waals surface area (Å²) in [7, 11) is 0. The van der Waals surface area contributed by atoms with E-state index < -0.39 is 0 Å². The lowest BCUT2D eigenvalue weighted by Crippen LogP contribution is -1.93. The van der Waals surface area contributed by atoms with Crippen molar-refractivity contribution in [2.75, 3.05) is 0 Å². The van der Waals surface area contributed by atoms with Crippen molar-refractivity contribution in [2.45, 2.75) is 64.7 Å². The van der Waals surface area contributed by atoms with Crippen LogP contribution in [0.2, 0.25) is 0 Å². The van der Waals surface area contributed by atoms with Crippen molar-refractivity contribution < 1.29 is 0 Å². The standard InChI is InChI=1S/C14H24N2/c1-2-16-14-11-9-7-5-3-4-6-8-10-13(14)12-15/h2,12,15H,3-11H2,1H3/b14-13-,15-12?,16-2-. The summed E-state index contributed by atoms with van der Waals surface area (Å²) in [6, 6.07) is 0. The summed E-state index contributed by atoms with van der Waals surface area (Å²) in [5.74, 6) is 0. The molecule has 0 fully saturated rings. The van der Waals surface area contributed by atoms with Crippen LogP contribution in [0.4, 0.5) is 0 Å².